The molecule has 3 N–H and O–H groups in total. The fourth-order valence-electron chi connectivity index (χ4n) is 1.66. The Labute approximate surface area is 98.8 Å². The number of unbranched alkanes of at least 4 members (excludes halogenated alkanes) is 1. The van der Waals surface area contributed by atoms with Gasteiger partial charge in [0.15, 0.2) is 0 Å². The van der Waals surface area contributed by atoms with Crippen molar-refractivity contribution in [2.45, 2.75) is 39.5 Å². The number of amides is 1. The summed E-state index contributed by atoms with van der Waals surface area (Å²) in [5.74, 6) is 0.169. The number of hydrogen-bond acceptors (Lipinski definition) is 3. The Morgan fingerprint density at radius 1 is 1.38 bits per heavy atom. The SMILES string of the molecule is CCCCN(CCO)C(=O)C(C)CCCN. The highest BCUT2D eigenvalue weighted by molar-refractivity contribution is 5.78. The van der Waals surface area contributed by atoms with Gasteiger partial charge in [0.2, 0.25) is 5.91 Å². The van der Waals surface area contributed by atoms with Gasteiger partial charge in [0.25, 0.3) is 0 Å². The van der Waals surface area contributed by atoms with Crippen LogP contribution in [0.15, 0.2) is 0 Å². The lowest BCUT2D eigenvalue weighted by molar-refractivity contribution is -0.135. The average molecular weight is 230 g/mol. The van der Waals surface area contributed by atoms with Gasteiger partial charge in [-0.1, -0.05) is 20.3 Å². The minimum atomic E-state index is 0.0203. The maximum absolute atomic E-state index is 12.0. The smallest absolute Gasteiger partial charge is 0.225 e. The highest BCUT2D eigenvalue weighted by atomic mass is 16.3. The topological polar surface area (TPSA) is 66.6 Å². The normalized spacial score (nSPS) is 12.5. The van der Waals surface area contributed by atoms with Gasteiger partial charge in [0.05, 0.1) is 6.61 Å². The summed E-state index contributed by atoms with van der Waals surface area (Å²) in [5, 5.41) is 8.93. The maximum Gasteiger partial charge on any atom is 0.225 e. The Morgan fingerprint density at radius 2 is 2.06 bits per heavy atom. The molecule has 0 radical (unpaired) electrons. The van der Waals surface area contributed by atoms with Crippen molar-refractivity contribution in [2.75, 3.05) is 26.2 Å². The molecule has 0 spiro atoms. The minimum absolute atomic E-state index is 0.0203. The van der Waals surface area contributed by atoms with Crippen LogP contribution in [-0.4, -0.2) is 42.2 Å². The molecule has 0 saturated carbocycles. The Hall–Kier alpha value is -0.610. The van der Waals surface area contributed by atoms with Gasteiger partial charge in [-0.2, -0.15) is 0 Å². The van der Waals surface area contributed by atoms with Crippen LogP contribution in [0.4, 0.5) is 0 Å². The minimum Gasteiger partial charge on any atom is -0.395 e. The molecule has 0 saturated heterocycles. The highest BCUT2D eigenvalue weighted by Crippen LogP contribution is 2.10. The molecule has 1 unspecified atom stereocenters. The second kappa shape index (κ2) is 9.60. The zero-order valence-corrected chi connectivity index (χ0v) is 10.6. The zero-order valence-electron chi connectivity index (χ0n) is 10.6. The monoisotopic (exact) mass is 230 g/mol. The van der Waals surface area contributed by atoms with Gasteiger partial charge in [-0.05, 0) is 25.8 Å². The Balaban J connectivity index is 4.12. The van der Waals surface area contributed by atoms with E-state index in [2.05, 4.69) is 6.92 Å². The van der Waals surface area contributed by atoms with Crippen LogP contribution in [0.1, 0.15) is 39.5 Å². The summed E-state index contributed by atoms with van der Waals surface area (Å²) in [6.45, 7) is 5.91. The molecule has 1 atom stereocenters. The van der Waals surface area contributed by atoms with E-state index < -0.39 is 0 Å². The van der Waals surface area contributed by atoms with E-state index in [1.807, 2.05) is 6.92 Å². The van der Waals surface area contributed by atoms with E-state index >= 15 is 0 Å². The number of nitrogens with zero attached hydrogens (tertiary/aromatic N) is 1. The molecule has 0 aromatic carbocycles. The first kappa shape index (κ1) is 15.4. The van der Waals surface area contributed by atoms with Crippen molar-refractivity contribution in [3.8, 4) is 0 Å². The van der Waals surface area contributed by atoms with Gasteiger partial charge >= 0.3 is 0 Å². The van der Waals surface area contributed by atoms with Gasteiger partial charge in [-0.25, -0.2) is 0 Å². The first-order chi connectivity index (χ1) is 7.67. The van der Waals surface area contributed by atoms with Crippen LogP contribution in [-0.2, 0) is 4.79 Å². The summed E-state index contributed by atoms with van der Waals surface area (Å²) in [6, 6.07) is 0. The van der Waals surface area contributed by atoms with E-state index in [1.165, 1.54) is 0 Å². The highest BCUT2D eigenvalue weighted by Gasteiger charge is 2.18. The molecule has 1 amide bonds. The largest absolute Gasteiger partial charge is 0.395 e. The van der Waals surface area contributed by atoms with Crippen molar-refractivity contribution in [3.63, 3.8) is 0 Å². The first-order valence-corrected chi connectivity index (χ1v) is 6.27. The number of nitrogens with two attached hydrogens (primary N) is 1. The number of carbonyl (C=O) groups excluding carboxylic acids is 1. The van der Waals surface area contributed by atoms with Gasteiger partial charge in [0, 0.05) is 19.0 Å². The van der Waals surface area contributed by atoms with Crippen LogP contribution in [0.5, 0.6) is 0 Å². The molecule has 96 valence electrons. The van der Waals surface area contributed by atoms with Gasteiger partial charge in [-0.3, -0.25) is 4.79 Å². The van der Waals surface area contributed by atoms with Crippen LogP contribution in [0.25, 0.3) is 0 Å². The molecule has 0 heterocycles. The fraction of sp³-hybridized carbons (Fsp3) is 0.917. The lowest BCUT2D eigenvalue weighted by Gasteiger charge is -2.25. The summed E-state index contributed by atoms with van der Waals surface area (Å²) in [7, 11) is 0. The molecule has 0 rings (SSSR count). The second-order valence-corrected chi connectivity index (χ2v) is 4.23. The standard InChI is InChI=1S/C12H26N2O2/c1-3-4-8-14(9-10-15)12(16)11(2)6-5-7-13/h11,15H,3-10,13H2,1-2H3. The Morgan fingerprint density at radius 3 is 2.56 bits per heavy atom. The predicted octanol–water partition coefficient (Wildman–Crippen LogP) is 0.982. The molecule has 4 heteroatoms. The summed E-state index contributed by atoms with van der Waals surface area (Å²) >= 11 is 0. The Bertz CT molecular complexity index is 186. The maximum atomic E-state index is 12.0. The lowest BCUT2D eigenvalue weighted by Crippen LogP contribution is -2.38. The third kappa shape index (κ3) is 6.08. The van der Waals surface area contributed by atoms with Crippen molar-refractivity contribution in [3.05, 3.63) is 0 Å². The molecule has 0 aromatic heterocycles. The van der Waals surface area contributed by atoms with E-state index in [0.29, 0.717) is 13.1 Å². The van der Waals surface area contributed by atoms with Gasteiger partial charge < -0.3 is 15.7 Å². The summed E-state index contributed by atoms with van der Waals surface area (Å²) in [5.41, 5.74) is 5.43. The number of aliphatic hydroxyl groups is 1. The van der Waals surface area contributed by atoms with E-state index in [4.69, 9.17) is 10.8 Å². The third-order valence-corrected chi connectivity index (χ3v) is 2.73. The zero-order chi connectivity index (χ0) is 12.4. The van der Waals surface area contributed by atoms with Crippen LogP contribution in [0, 0.1) is 5.92 Å². The predicted molar refractivity (Wildman–Crippen MR) is 66.0 cm³/mol. The Kier molecular flexibility index (Phi) is 9.24. The summed E-state index contributed by atoms with van der Waals surface area (Å²) in [4.78, 5) is 13.8. The molecule has 0 aromatic rings. The summed E-state index contributed by atoms with van der Waals surface area (Å²) in [6.07, 6.45) is 3.78. The van der Waals surface area contributed by atoms with E-state index in [-0.39, 0.29) is 18.4 Å². The van der Waals surface area contributed by atoms with Crippen LogP contribution in [0.3, 0.4) is 0 Å². The molecule has 0 bridgehead atoms. The lowest BCUT2D eigenvalue weighted by atomic mass is 10.0. The molecule has 0 fully saturated rings. The average Bonchev–Trinajstić information content (AvgIpc) is 2.30. The second-order valence-electron chi connectivity index (χ2n) is 4.23. The van der Waals surface area contributed by atoms with Crippen molar-refractivity contribution in [2.24, 2.45) is 11.7 Å². The first-order valence-electron chi connectivity index (χ1n) is 6.27. The molecular formula is C12H26N2O2. The number of aliphatic hydroxyl groups excluding tert-OH is 1. The fourth-order valence-corrected chi connectivity index (χ4v) is 1.66. The van der Waals surface area contributed by atoms with Crippen molar-refractivity contribution < 1.29 is 9.90 Å². The number of hydrogen-bond donors (Lipinski definition) is 2. The van der Waals surface area contributed by atoms with Crippen LogP contribution in [0.2, 0.25) is 0 Å². The van der Waals surface area contributed by atoms with Crippen molar-refractivity contribution >= 4 is 5.91 Å². The quantitative estimate of drug-likeness (QED) is 0.620. The molecule has 0 aliphatic heterocycles. The number of carbonyl (C=O) groups is 1. The van der Waals surface area contributed by atoms with Gasteiger partial charge in [0.1, 0.15) is 0 Å². The van der Waals surface area contributed by atoms with Crippen LogP contribution >= 0.6 is 0 Å². The van der Waals surface area contributed by atoms with E-state index in [0.717, 1.165) is 32.2 Å². The molecule has 0 aliphatic rings. The van der Waals surface area contributed by atoms with Crippen molar-refractivity contribution in [1.29, 1.82) is 0 Å². The molecule has 4 nitrogen and oxygen atoms in total. The van der Waals surface area contributed by atoms with E-state index in [1.54, 1.807) is 4.90 Å². The summed E-state index contributed by atoms with van der Waals surface area (Å²) < 4.78 is 0. The third-order valence-electron chi connectivity index (χ3n) is 2.73. The van der Waals surface area contributed by atoms with Crippen LogP contribution < -0.4 is 5.73 Å². The number of rotatable bonds is 9. The van der Waals surface area contributed by atoms with Gasteiger partial charge in [-0.15, -0.1) is 0 Å². The van der Waals surface area contributed by atoms with E-state index in [9.17, 15) is 4.79 Å². The van der Waals surface area contributed by atoms with Crippen molar-refractivity contribution in [1.82, 2.24) is 4.90 Å². The molecule has 16 heavy (non-hydrogen) atoms. The molecule has 0 aliphatic carbocycles. The molecular weight excluding hydrogens is 204 g/mol.